The van der Waals surface area contributed by atoms with Gasteiger partial charge in [-0.3, -0.25) is 9.59 Å². The largest absolute Gasteiger partial charge is 0.479 e. The predicted octanol–water partition coefficient (Wildman–Crippen LogP) is -10.0. The first-order chi connectivity index (χ1) is 24.8. The number of nitrogens with one attached hydrogen (secondary N) is 2. The molecule has 4 aliphatic rings. The van der Waals surface area contributed by atoms with Crippen molar-refractivity contribution in [2.75, 3.05) is 13.2 Å². The number of hydrogen-bond acceptors (Lipinski definition) is 21. The zero-order valence-corrected chi connectivity index (χ0v) is 33.8. The molecule has 306 valence electrons. The van der Waals surface area contributed by atoms with Crippen molar-refractivity contribution < 1.29 is 114 Å². The number of aliphatic carboxylic acids is 2. The molecule has 55 heavy (non-hydrogen) atoms. The SMILES string of the molecule is CC(=O)N[C@H]1[C@H](O[C@H]2[C@H](O)[C@@H](O)[C@H](O[C@H]3[C@H](O)[C@@H](CO)OC(O)[C@@H]3NC(C)=O)O[C@@H]2C(=O)O)O[C@H](CO)[C@@H](O)[C@@H]1O[C@@H]1O[C@H](C(=O)O)[C@@H](O)[C@H](O)[C@H]1O.[Na].[Na]. The Hall–Kier alpha value is -0.800. The Morgan fingerprint density at radius 2 is 0.927 bits per heavy atom. The summed E-state index contributed by atoms with van der Waals surface area (Å²) in [7, 11) is 0. The topological polar surface area (TPSA) is 400 Å². The van der Waals surface area contributed by atoms with Crippen LogP contribution in [-0.4, -0.2) is 280 Å². The van der Waals surface area contributed by atoms with Gasteiger partial charge in [-0.25, -0.2) is 9.59 Å². The molecule has 0 aromatic carbocycles. The molecule has 4 heterocycles. The van der Waals surface area contributed by atoms with E-state index in [1.165, 1.54) is 0 Å². The van der Waals surface area contributed by atoms with E-state index >= 15 is 0 Å². The Morgan fingerprint density at radius 3 is 1.40 bits per heavy atom. The fourth-order valence-corrected chi connectivity index (χ4v) is 6.30. The number of carboxylic acid groups (broad SMARTS) is 2. The fraction of sp³-hybridized carbons (Fsp3) is 0.857. The normalized spacial score (nSPS) is 44.6. The van der Waals surface area contributed by atoms with Crippen molar-refractivity contribution in [3.8, 4) is 0 Å². The third-order valence-corrected chi connectivity index (χ3v) is 8.94. The average molecular weight is 823 g/mol. The molecule has 2 amide bonds. The summed E-state index contributed by atoms with van der Waals surface area (Å²) in [4.78, 5) is 48.2. The molecule has 0 aromatic heterocycles. The molecule has 4 saturated heterocycles. The van der Waals surface area contributed by atoms with Crippen LogP contribution in [0, 0.1) is 0 Å². The summed E-state index contributed by atoms with van der Waals surface area (Å²) in [6.07, 6.45) is -36.5. The van der Waals surface area contributed by atoms with Gasteiger partial charge in [0.05, 0.1) is 13.2 Å². The number of carbonyl (C=O) groups excluding carboxylic acids is 2. The van der Waals surface area contributed by atoms with Gasteiger partial charge in [0.2, 0.25) is 11.8 Å². The Labute approximate surface area is 354 Å². The van der Waals surface area contributed by atoms with E-state index in [2.05, 4.69) is 10.6 Å². The van der Waals surface area contributed by atoms with E-state index < -0.39 is 160 Å². The van der Waals surface area contributed by atoms with Crippen molar-refractivity contribution in [2.45, 2.75) is 137 Å². The number of amides is 2. The Kier molecular flexibility index (Phi) is 19.6. The molecule has 0 spiro atoms. The van der Waals surface area contributed by atoms with E-state index in [-0.39, 0.29) is 59.1 Å². The quantitative estimate of drug-likeness (QED) is 0.0813. The van der Waals surface area contributed by atoms with E-state index in [1.54, 1.807) is 0 Å². The summed E-state index contributed by atoms with van der Waals surface area (Å²) in [5, 5.41) is 129. The summed E-state index contributed by atoms with van der Waals surface area (Å²) in [5.74, 6) is -5.28. The van der Waals surface area contributed by atoms with Crippen LogP contribution in [0.15, 0.2) is 0 Å². The summed E-state index contributed by atoms with van der Waals surface area (Å²) in [5.41, 5.74) is 0. The molecule has 0 aromatic rings. The summed E-state index contributed by atoms with van der Waals surface area (Å²) in [6, 6.07) is -3.38. The minimum atomic E-state index is -2.30. The molecule has 4 aliphatic heterocycles. The van der Waals surface area contributed by atoms with Gasteiger partial charge in [0.15, 0.2) is 37.4 Å². The van der Waals surface area contributed by atoms with Crippen LogP contribution in [0.4, 0.5) is 0 Å². The fourth-order valence-electron chi connectivity index (χ4n) is 6.30. The third-order valence-electron chi connectivity index (χ3n) is 8.94. The van der Waals surface area contributed by atoms with Crippen LogP contribution in [0.2, 0.25) is 0 Å². The van der Waals surface area contributed by atoms with Gasteiger partial charge < -0.3 is 105 Å². The van der Waals surface area contributed by atoms with Gasteiger partial charge in [0.1, 0.15) is 85.3 Å². The first kappa shape index (κ1) is 50.3. The predicted molar refractivity (Wildman–Crippen MR) is 170 cm³/mol. The molecule has 25 nitrogen and oxygen atoms in total. The first-order valence-electron chi connectivity index (χ1n) is 16.1. The number of aliphatic hydroxyl groups is 10. The molecule has 4 rings (SSSR count). The number of ether oxygens (including phenoxy) is 7. The van der Waals surface area contributed by atoms with Crippen molar-refractivity contribution in [3.05, 3.63) is 0 Å². The van der Waals surface area contributed by atoms with Crippen molar-refractivity contribution in [1.82, 2.24) is 10.6 Å². The molecule has 0 aliphatic carbocycles. The minimum Gasteiger partial charge on any atom is -0.479 e. The van der Waals surface area contributed by atoms with Gasteiger partial charge in [-0.05, 0) is 0 Å². The Morgan fingerprint density at radius 1 is 0.509 bits per heavy atom. The van der Waals surface area contributed by atoms with Gasteiger partial charge >= 0.3 is 11.9 Å². The van der Waals surface area contributed by atoms with E-state index in [4.69, 9.17) is 33.2 Å². The molecule has 2 radical (unpaired) electrons. The Balaban J connectivity index is 0.00000523. The first-order valence-corrected chi connectivity index (χ1v) is 16.1. The average Bonchev–Trinajstić information content (AvgIpc) is 3.08. The van der Waals surface area contributed by atoms with E-state index in [1.807, 2.05) is 0 Å². The van der Waals surface area contributed by atoms with Gasteiger partial charge in [0.25, 0.3) is 0 Å². The number of hydrogen-bond donors (Lipinski definition) is 14. The van der Waals surface area contributed by atoms with Gasteiger partial charge in [0, 0.05) is 73.0 Å². The monoisotopic (exact) mass is 822 g/mol. The van der Waals surface area contributed by atoms with Crippen LogP contribution in [0.5, 0.6) is 0 Å². The summed E-state index contributed by atoms with van der Waals surface area (Å²) < 4.78 is 38.0. The van der Waals surface area contributed by atoms with Crippen LogP contribution in [0.25, 0.3) is 0 Å². The van der Waals surface area contributed by atoms with Crippen molar-refractivity contribution >= 4 is 82.9 Å². The zero-order valence-electron chi connectivity index (χ0n) is 29.8. The van der Waals surface area contributed by atoms with Crippen LogP contribution in [0.3, 0.4) is 0 Å². The third kappa shape index (κ3) is 11.3. The molecule has 20 atom stereocenters. The zero-order chi connectivity index (χ0) is 39.6. The summed E-state index contributed by atoms with van der Waals surface area (Å²) >= 11 is 0. The maximum absolute atomic E-state index is 12.5. The molecule has 0 saturated carbocycles. The van der Waals surface area contributed by atoms with Crippen molar-refractivity contribution in [3.63, 3.8) is 0 Å². The van der Waals surface area contributed by atoms with Crippen molar-refractivity contribution in [1.29, 1.82) is 0 Å². The van der Waals surface area contributed by atoms with E-state index in [0.717, 1.165) is 13.8 Å². The molecular weight excluding hydrogens is 778 g/mol. The van der Waals surface area contributed by atoms with Gasteiger partial charge in [-0.15, -0.1) is 0 Å². The van der Waals surface area contributed by atoms with Crippen LogP contribution in [-0.2, 0) is 52.3 Å². The molecule has 14 N–H and O–H groups in total. The standard InChI is InChI=1S/C28H44N2O23.2Na/c1-5(33)29-9-18(11(35)7(3-31)47-25(9)46)49-28-17(41)15(39)20(22(53-28)24(44)45)51-26-10(30-6(2)34)19(12(36)8(4-32)48-26)50-27-16(40)13(37)14(38)21(52-27)23(42)43;;/h7-22,25-28,31-32,35-41,46H,3-4H2,1-2H3,(H,29,33)(H,30,34)(H,42,43)(H,44,45);;/t7-,8-,9-,10-,11-,12-,13+,14+,15-,16-,17-,18-,19-,20+,21+,22+,25?,26+,27-,28-;;/m1../s1. The Bertz CT molecular complexity index is 1310. The second kappa shape index (κ2) is 21.5. The van der Waals surface area contributed by atoms with Gasteiger partial charge in [-0.1, -0.05) is 0 Å². The second-order valence-corrected chi connectivity index (χ2v) is 12.7. The van der Waals surface area contributed by atoms with E-state index in [9.17, 15) is 80.5 Å². The van der Waals surface area contributed by atoms with Crippen molar-refractivity contribution in [2.24, 2.45) is 0 Å². The molecular formula is C28H44N2Na2O23. The second-order valence-electron chi connectivity index (χ2n) is 12.7. The molecule has 0 bridgehead atoms. The number of carbonyl (C=O) groups is 4. The molecule has 27 heteroatoms. The number of aliphatic hydroxyl groups excluding tert-OH is 10. The van der Waals surface area contributed by atoms with Gasteiger partial charge in [-0.2, -0.15) is 0 Å². The summed E-state index contributed by atoms with van der Waals surface area (Å²) in [6.45, 7) is 0.116. The minimum absolute atomic E-state index is 0. The molecule has 4 fully saturated rings. The molecule has 1 unspecified atom stereocenters. The van der Waals surface area contributed by atoms with Crippen LogP contribution < -0.4 is 10.6 Å². The maximum Gasteiger partial charge on any atom is 0.335 e. The number of rotatable bonds is 12. The van der Waals surface area contributed by atoms with Crippen LogP contribution >= 0.6 is 0 Å². The number of carboxylic acids is 2. The van der Waals surface area contributed by atoms with E-state index in [0.29, 0.717) is 0 Å². The van der Waals surface area contributed by atoms with Crippen LogP contribution in [0.1, 0.15) is 13.8 Å². The smallest absolute Gasteiger partial charge is 0.335 e. The maximum atomic E-state index is 12.5.